The van der Waals surface area contributed by atoms with Crippen LogP contribution in [0.5, 0.6) is 0 Å². The first-order valence-corrected chi connectivity index (χ1v) is 5.75. The fourth-order valence-electron chi connectivity index (χ4n) is 2.37. The molecule has 5 nitrogen and oxygen atoms in total. The number of nitrogen functional groups attached to an aromatic ring is 1. The number of nitrogens with two attached hydrogens (primary N) is 1. The molecule has 2 atom stereocenters. The van der Waals surface area contributed by atoms with Gasteiger partial charge in [-0.15, -0.1) is 0 Å². The Labute approximate surface area is 98.8 Å². The van der Waals surface area contributed by atoms with Gasteiger partial charge in [0.25, 0.3) is 0 Å². The van der Waals surface area contributed by atoms with Crippen molar-refractivity contribution in [2.24, 2.45) is 0 Å². The Morgan fingerprint density at radius 2 is 2.24 bits per heavy atom. The second kappa shape index (κ2) is 4.01. The molecule has 90 valence electrons. The molecule has 5 heteroatoms. The molecule has 2 heterocycles. The second-order valence-electron chi connectivity index (χ2n) is 4.33. The van der Waals surface area contributed by atoms with E-state index in [0.29, 0.717) is 25.6 Å². The Kier molecular flexibility index (Phi) is 2.49. The summed E-state index contributed by atoms with van der Waals surface area (Å²) in [7, 11) is 0. The lowest BCUT2D eigenvalue weighted by Gasteiger charge is -2.29. The maximum atomic E-state index is 10.0. The van der Waals surface area contributed by atoms with E-state index >= 15 is 0 Å². The minimum absolute atomic E-state index is 0.142. The van der Waals surface area contributed by atoms with E-state index < -0.39 is 6.10 Å². The van der Waals surface area contributed by atoms with Crippen LogP contribution in [0.15, 0.2) is 24.3 Å². The quantitative estimate of drug-likeness (QED) is 0.768. The van der Waals surface area contributed by atoms with Gasteiger partial charge in [0.15, 0.2) is 0 Å². The van der Waals surface area contributed by atoms with E-state index in [2.05, 4.69) is 4.98 Å². The topological polar surface area (TPSA) is 73.3 Å². The third-order valence-corrected chi connectivity index (χ3v) is 3.25. The molecular formula is C12H15N3O2. The lowest BCUT2D eigenvalue weighted by Crippen LogP contribution is -2.34. The number of aromatic nitrogens is 2. The minimum Gasteiger partial charge on any atom is -0.391 e. The fourth-order valence-corrected chi connectivity index (χ4v) is 2.37. The first-order chi connectivity index (χ1) is 8.27. The molecule has 1 fully saturated rings. The molecule has 3 N–H and O–H groups in total. The zero-order valence-corrected chi connectivity index (χ0v) is 9.41. The Balaban J connectivity index is 2.12. The number of hydrogen-bond donors (Lipinski definition) is 2. The Morgan fingerprint density at radius 1 is 1.41 bits per heavy atom. The van der Waals surface area contributed by atoms with Gasteiger partial charge < -0.3 is 20.1 Å². The van der Waals surface area contributed by atoms with Crippen LogP contribution in [0.2, 0.25) is 0 Å². The van der Waals surface area contributed by atoms with Gasteiger partial charge in [-0.05, 0) is 18.6 Å². The van der Waals surface area contributed by atoms with Crippen molar-refractivity contribution in [2.75, 3.05) is 18.9 Å². The number of imidazole rings is 1. The molecule has 17 heavy (non-hydrogen) atoms. The molecule has 0 saturated carbocycles. The van der Waals surface area contributed by atoms with Crippen molar-refractivity contribution < 1.29 is 9.84 Å². The number of nitrogens with zero attached hydrogens (tertiary/aromatic N) is 2. The number of anilines is 1. The summed E-state index contributed by atoms with van der Waals surface area (Å²) in [5.74, 6) is 0.431. The monoisotopic (exact) mass is 233 g/mol. The Morgan fingerprint density at radius 3 is 3.06 bits per heavy atom. The summed E-state index contributed by atoms with van der Waals surface area (Å²) in [6.45, 7) is 1.08. The normalized spacial score (nSPS) is 25.2. The molecule has 1 aliphatic rings. The van der Waals surface area contributed by atoms with Crippen LogP contribution in [0.25, 0.3) is 11.0 Å². The molecule has 1 aliphatic heterocycles. The molecular weight excluding hydrogens is 218 g/mol. The summed E-state index contributed by atoms with van der Waals surface area (Å²) in [5, 5.41) is 10.0. The van der Waals surface area contributed by atoms with Gasteiger partial charge in [0.05, 0.1) is 29.8 Å². The first kappa shape index (κ1) is 10.6. The van der Waals surface area contributed by atoms with Crippen molar-refractivity contribution in [2.45, 2.75) is 18.6 Å². The molecule has 0 radical (unpaired) electrons. The van der Waals surface area contributed by atoms with Gasteiger partial charge in [-0.1, -0.05) is 12.1 Å². The highest BCUT2D eigenvalue weighted by atomic mass is 16.5. The largest absolute Gasteiger partial charge is 0.391 e. The molecule has 2 aromatic rings. The van der Waals surface area contributed by atoms with Crippen LogP contribution >= 0.6 is 0 Å². The maximum Gasteiger partial charge on any atom is 0.201 e. The first-order valence-electron chi connectivity index (χ1n) is 5.75. The summed E-state index contributed by atoms with van der Waals surface area (Å²) in [6, 6.07) is 7.59. The highest BCUT2D eigenvalue weighted by molar-refractivity contribution is 5.78. The van der Waals surface area contributed by atoms with Gasteiger partial charge in [-0.3, -0.25) is 0 Å². The molecule has 0 spiro atoms. The van der Waals surface area contributed by atoms with E-state index in [9.17, 15) is 5.11 Å². The standard InChI is InChI=1S/C12H15N3O2/c13-12-14-8-3-1-2-4-9(8)15(12)10-7-17-6-5-11(10)16/h1-4,10-11,16H,5-7H2,(H2,13,14)/t10-,11-/m0/s1. The number of aliphatic hydroxyl groups excluding tert-OH is 1. The summed E-state index contributed by atoms with van der Waals surface area (Å²) in [6.07, 6.45) is 0.208. The van der Waals surface area contributed by atoms with Crippen molar-refractivity contribution in [3.63, 3.8) is 0 Å². The Bertz CT molecular complexity index is 538. The fraction of sp³-hybridized carbons (Fsp3) is 0.417. The lowest BCUT2D eigenvalue weighted by atomic mass is 10.1. The highest BCUT2D eigenvalue weighted by Gasteiger charge is 2.28. The van der Waals surface area contributed by atoms with Crippen LogP contribution in [0.4, 0.5) is 5.95 Å². The van der Waals surface area contributed by atoms with Crippen LogP contribution < -0.4 is 5.73 Å². The van der Waals surface area contributed by atoms with Gasteiger partial charge in [0.1, 0.15) is 0 Å². The number of rotatable bonds is 1. The Hall–Kier alpha value is -1.59. The van der Waals surface area contributed by atoms with Crippen LogP contribution in [0, 0.1) is 0 Å². The molecule has 1 aromatic heterocycles. The number of hydrogen-bond acceptors (Lipinski definition) is 4. The number of benzene rings is 1. The molecule has 0 aliphatic carbocycles. The number of ether oxygens (including phenoxy) is 1. The highest BCUT2D eigenvalue weighted by Crippen LogP contribution is 2.28. The van der Waals surface area contributed by atoms with Gasteiger partial charge in [0, 0.05) is 6.61 Å². The number of aliphatic hydroxyl groups is 1. The minimum atomic E-state index is -0.427. The van der Waals surface area contributed by atoms with Gasteiger partial charge >= 0.3 is 0 Å². The van der Waals surface area contributed by atoms with E-state index in [1.165, 1.54) is 0 Å². The van der Waals surface area contributed by atoms with E-state index in [-0.39, 0.29) is 6.04 Å². The van der Waals surface area contributed by atoms with Crippen LogP contribution in [0.1, 0.15) is 12.5 Å². The lowest BCUT2D eigenvalue weighted by molar-refractivity contribution is -0.0271. The van der Waals surface area contributed by atoms with Crippen molar-refractivity contribution in [1.29, 1.82) is 0 Å². The molecule has 0 unspecified atom stereocenters. The van der Waals surface area contributed by atoms with Crippen molar-refractivity contribution in [3.05, 3.63) is 24.3 Å². The van der Waals surface area contributed by atoms with Crippen molar-refractivity contribution in [3.8, 4) is 0 Å². The molecule has 1 aromatic carbocycles. The van der Waals surface area contributed by atoms with E-state index in [0.717, 1.165) is 11.0 Å². The number of para-hydroxylation sites is 2. The molecule has 1 saturated heterocycles. The second-order valence-corrected chi connectivity index (χ2v) is 4.33. The average Bonchev–Trinajstić information content (AvgIpc) is 2.66. The van der Waals surface area contributed by atoms with Crippen molar-refractivity contribution in [1.82, 2.24) is 9.55 Å². The maximum absolute atomic E-state index is 10.0. The van der Waals surface area contributed by atoms with Crippen LogP contribution in [0.3, 0.4) is 0 Å². The predicted octanol–water partition coefficient (Wildman–Crippen LogP) is 0.941. The van der Waals surface area contributed by atoms with Gasteiger partial charge in [0.2, 0.25) is 5.95 Å². The van der Waals surface area contributed by atoms with Crippen LogP contribution in [-0.4, -0.2) is 34.0 Å². The summed E-state index contributed by atoms with van der Waals surface area (Å²) < 4.78 is 7.29. The molecule has 0 amide bonds. The third kappa shape index (κ3) is 1.67. The summed E-state index contributed by atoms with van der Waals surface area (Å²) in [5.41, 5.74) is 7.73. The number of fused-ring (bicyclic) bond motifs is 1. The van der Waals surface area contributed by atoms with Gasteiger partial charge in [-0.2, -0.15) is 0 Å². The van der Waals surface area contributed by atoms with Crippen LogP contribution in [-0.2, 0) is 4.74 Å². The zero-order valence-electron chi connectivity index (χ0n) is 9.41. The summed E-state index contributed by atoms with van der Waals surface area (Å²) in [4.78, 5) is 4.30. The smallest absolute Gasteiger partial charge is 0.201 e. The molecule has 0 bridgehead atoms. The molecule has 3 rings (SSSR count). The summed E-state index contributed by atoms with van der Waals surface area (Å²) >= 11 is 0. The van der Waals surface area contributed by atoms with E-state index in [1.54, 1.807) is 0 Å². The van der Waals surface area contributed by atoms with E-state index in [1.807, 2.05) is 28.8 Å². The SMILES string of the molecule is Nc1nc2ccccc2n1[C@H]1COCC[C@@H]1O. The van der Waals surface area contributed by atoms with Crippen molar-refractivity contribution >= 4 is 17.0 Å². The van der Waals surface area contributed by atoms with Gasteiger partial charge in [-0.25, -0.2) is 4.98 Å². The predicted molar refractivity (Wildman–Crippen MR) is 64.6 cm³/mol. The average molecular weight is 233 g/mol. The van der Waals surface area contributed by atoms with E-state index in [4.69, 9.17) is 10.5 Å². The zero-order chi connectivity index (χ0) is 11.8. The third-order valence-electron chi connectivity index (χ3n) is 3.25.